The molecule has 1 heterocycles. The second-order valence-electron chi connectivity index (χ2n) is 5.21. The molecule has 0 bridgehead atoms. The number of hydrogen-bond acceptors (Lipinski definition) is 5. The maximum Gasteiger partial charge on any atom is 0.225 e. The van der Waals surface area contributed by atoms with Crippen LogP contribution in [0.25, 0.3) is 11.3 Å². The summed E-state index contributed by atoms with van der Waals surface area (Å²) in [5.74, 6) is 1.06. The maximum absolute atomic E-state index is 12.3. The van der Waals surface area contributed by atoms with Gasteiger partial charge in [-0.1, -0.05) is 33.2 Å². The van der Waals surface area contributed by atoms with Crippen molar-refractivity contribution in [1.82, 2.24) is 5.16 Å². The fourth-order valence-corrected chi connectivity index (χ4v) is 3.03. The number of methoxy groups -OCH3 is 1. The fraction of sp³-hybridized carbons (Fsp3) is 0.111. The number of nitrogens with one attached hydrogen (secondary N) is 1. The fourth-order valence-electron chi connectivity index (χ4n) is 2.22. The quantitative estimate of drug-likeness (QED) is 0.508. The van der Waals surface area contributed by atoms with Crippen LogP contribution in [0.2, 0.25) is 0 Å². The third kappa shape index (κ3) is 4.29. The zero-order valence-electron chi connectivity index (χ0n) is 13.3. The molecule has 0 saturated heterocycles. The first-order chi connectivity index (χ1) is 12.1. The number of anilines is 1. The molecule has 1 aromatic heterocycles. The number of carbonyl (C=O) groups excluding carboxylic acids is 1. The molecule has 0 amide bonds. The molecule has 0 spiro atoms. The van der Waals surface area contributed by atoms with E-state index in [1.807, 2.05) is 24.3 Å². The van der Waals surface area contributed by atoms with Gasteiger partial charge in [-0.05, 0) is 46.3 Å². The Labute approximate surface area is 161 Å². The van der Waals surface area contributed by atoms with Crippen LogP contribution in [0.3, 0.4) is 0 Å². The van der Waals surface area contributed by atoms with Gasteiger partial charge in [-0.2, -0.15) is 0 Å². The summed E-state index contributed by atoms with van der Waals surface area (Å²) in [4.78, 5) is 12.3. The lowest BCUT2D eigenvalue weighted by atomic mass is 10.1. The predicted molar refractivity (Wildman–Crippen MR) is 103 cm³/mol. The molecule has 128 valence electrons. The standard InChI is InChI=1S/C18H14Br2N2O3/c1-24-17-7-4-12(8-14(17)20)16(23)10-21-18-9-15(22-25-18)11-2-5-13(19)6-3-11/h2-9,21H,10H2,1H3. The van der Waals surface area contributed by atoms with E-state index >= 15 is 0 Å². The van der Waals surface area contributed by atoms with Crippen LogP contribution in [0.5, 0.6) is 5.75 Å². The van der Waals surface area contributed by atoms with Crippen LogP contribution >= 0.6 is 31.9 Å². The third-order valence-electron chi connectivity index (χ3n) is 3.55. The number of Topliss-reactive ketones (excluding diaryl/α,β-unsaturated/α-hetero) is 1. The van der Waals surface area contributed by atoms with Crippen LogP contribution in [0.1, 0.15) is 10.4 Å². The Kier molecular flexibility index (Phi) is 5.55. The number of nitrogens with zero attached hydrogens (tertiary/aromatic N) is 1. The molecule has 0 saturated carbocycles. The van der Waals surface area contributed by atoms with Crippen molar-refractivity contribution in [3.8, 4) is 17.0 Å². The molecule has 0 aliphatic carbocycles. The van der Waals surface area contributed by atoms with E-state index in [0.29, 0.717) is 22.9 Å². The SMILES string of the molecule is COc1ccc(C(=O)CNc2cc(-c3ccc(Br)cc3)no2)cc1Br. The average molecular weight is 466 g/mol. The van der Waals surface area contributed by atoms with Crippen LogP contribution in [-0.4, -0.2) is 24.6 Å². The van der Waals surface area contributed by atoms with Gasteiger partial charge in [-0.15, -0.1) is 0 Å². The summed E-state index contributed by atoms with van der Waals surface area (Å²) in [6, 6.07) is 14.7. The monoisotopic (exact) mass is 464 g/mol. The zero-order valence-corrected chi connectivity index (χ0v) is 16.4. The molecular formula is C18H14Br2N2O3. The van der Waals surface area contributed by atoms with Gasteiger partial charge in [-0.3, -0.25) is 4.79 Å². The Bertz CT molecular complexity index is 892. The zero-order chi connectivity index (χ0) is 17.8. The molecule has 5 nitrogen and oxygen atoms in total. The largest absolute Gasteiger partial charge is 0.496 e. The molecule has 3 rings (SSSR count). The lowest BCUT2D eigenvalue weighted by molar-refractivity contribution is 0.100. The lowest BCUT2D eigenvalue weighted by Crippen LogP contribution is -2.13. The van der Waals surface area contributed by atoms with Gasteiger partial charge >= 0.3 is 0 Å². The molecule has 0 atom stereocenters. The Morgan fingerprint density at radius 1 is 1.16 bits per heavy atom. The van der Waals surface area contributed by atoms with Crippen molar-refractivity contribution in [3.05, 3.63) is 63.0 Å². The van der Waals surface area contributed by atoms with Crippen molar-refractivity contribution < 1.29 is 14.1 Å². The van der Waals surface area contributed by atoms with Gasteiger partial charge in [0.2, 0.25) is 5.88 Å². The van der Waals surface area contributed by atoms with Crippen molar-refractivity contribution >= 4 is 43.5 Å². The van der Waals surface area contributed by atoms with Crippen molar-refractivity contribution in [2.24, 2.45) is 0 Å². The summed E-state index contributed by atoms with van der Waals surface area (Å²) in [7, 11) is 1.58. The lowest BCUT2D eigenvalue weighted by Gasteiger charge is -2.06. The topological polar surface area (TPSA) is 64.4 Å². The molecule has 7 heteroatoms. The summed E-state index contributed by atoms with van der Waals surface area (Å²) in [6.07, 6.45) is 0. The molecule has 1 N–H and O–H groups in total. The van der Waals surface area contributed by atoms with Crippen LogP contribution in [0.4, 0.5) is 5.88 Å². The van der Waals surface area contributed by atoms with Gasteiger partial charge in [0.25, 0.3) is 0 Å². The number of aromatic nitrogens is 1. The van der Waals surface area contributed by atoms with Gasteiger partial charge in [0, 0.05) is 21.7 Å². The molecule has 0 aliphatic heterocycles. The first kappa shape index (κ1) is 17.7. The van der Waals surface area contributed by atoms with Crippen molar-refractivity contribution in [1.29, 1.82) is 0 Å². The number of halogens is 2. The molecule has 0 radical (unpaired) electrons. The van der Waals surface area contributed by atoms with Gasteiger partial charge in [0.05, 0.1) is 18.1 Å². The highest BCUT2D eigenvalue weighted by atomic mass is 79.9. The molecule has 3 aromatic rings. The third-order valence-corrected chi connectivity index (χ3v) is 4.70. The Morgan fingerprint density at radius 3 is 2.60 bits per heavy atom. The van der Waals surface area contributed by atoms with E-state index in [4.69, 9.17) is 9.26 Å². The number of carbonyl (C=O) groups is 1. The smallest absolute Gasteiger partial charge is 0.225 e. The van der Waals surface area contributed by atoms with E-state index in [0.717, 1.165) is 14.5 Å². The van der Waals surface area contributed by atoms with Crippen molar-refractivity contribution in [2.45, 2.75) is 0 Å². The Balaban J connectivity index is 1.65. The normalized spacial score (nSPS) is 10.5. The van der Waals surface area contributed by atoms with Crippen LogP contribution < -0.4 is 10.1 Å². The van der Waals surface area contributed by atoms with Crippen LogP contribution in [0, 0.1) is 0 Å². The summed E-state index contributed by atoms with van der Waals surface area (Å²) >= 11 is 6.77. The molecular weight excluding hydrogens is 452 g/mol. The van der Waals surface area contributed by atoms with E-state index in [1.165, 1.54) is 0 Å². The van der Waals surface area contributed by atoms with E-state index in [1.54, 1.807) is 31.4 Å². The second kappa shape index (κ2) is 7.84. The average Bonchev–Trinajstić information content (AvgIpc) is 3.09. The molecule has 2 aromatic carbocycles. The van der Waals surface area contributed by atoms with E-state index in [2.05, 4.69) is 42.3 Å². The van der Waals surface area contributed by atoms with Crippen molar-refractivity contribution in [2.75, 3.05) is 19.0 Å². The minimum absolute atomic E-state index is 0.0649. The Morgan fingerprint density at radius 2 is 1.92 bits per heavy atom. The molecule has 0 unspecified atom stereocenters. The van der Waals surface area contributed by atoms with E-state index in [9.17, 15) is 4.79 Å². The highest BCUT2D eigenvalue weighted by molar-refractivity contribution is 9.10. The Hall–Kier alpha value is -2.12. The highest BCUT2D eigenvalue weighted by Gasteiger charge is 2.11. The number of ketones is 1. The van der Waals surface area contributed by atoms with Crippen LogP contribution in [-0.2, 0) is 0 Å². The van der Waals surface area contributed by atoms with E-state index < -0.39 is 0 Å². The summed E-state index contributed by atoms with van der Waals surface area (Å²) in [5, 5.41) is 6.97. The number of benzene rings is 2. The van der Waals surface area contributed by atoms with Gasteiger partial charge in [0.15, 0.2) is 5.78 Å². The van der Waals surface area contributed by atoms with Crippen LogP contribution in [0.15, 0.2) is 62.0 Å². The van der Waals surface area contributed by atoms with Gasteiger partial charge in [0.1, 0.15) is 11.4 Å². The predicted octanol–water partition coefficient (Wildman–Crippen LogP) is 5.17. The minimum atomic E-state index is -0.0649. The van der Waals surface area contributed by atoms with Crippen molar-refractivity contribution in [3.63, 3.8) is 0 Å². The number of rotatable bonds is 6. The first-order valence-corrected chi connectivity index (χ1v) is 8.98. The summed E-state index contributed by atoms with van der Waals surface area (Å²) in [5.41, 5.74) is 2.22. The molecule has 25 heavy (non-hydrogen) atoms. The van der Waals surface area contributed by atoms with Gasteiger partial charge in [-0.25, -0.2) is 0 Å². The van der Waals surface area contributed by atoms with E-state index in [-0.39, 0.29) is 12.3 Å². The number of hydrogen-bond donors (Lipinski definition) is 1. The number of ether oxygens (including phenoxy) is 1. The summed E-state index contributed by atoms with van der Waals surface area (Å²) < 4.78 is 12.1. The minimum Gasteiger partial charge on any atom is -0.496 e. The summed E-state index contributed by atoms with van der Waals surface area (Å²) in [6.45, 7) is 0.105. The molecule has 0 fully saturated rings. The van der Waals surface area contributed by atoms with Gasteiger partial charge < -0.3 is 14.6 Å². The maximum atomic E-state index is 12.3. The first-order valence-electron chi connectivity index (χ1n) is 7.40. The highest BCUT2D eigenvalue weighted by Crippen LogP contribution is 2.26. The second-order valence-corrected chi connectivity index (χ2v) is 6.98. The molecule has 0 aliphatic rings.